The van der Waals surface area contributed by atoms with E-state index in [0.717, 1.165) is 4.90 Å². The molecule has 1 saturated heterocycles. The van der Waals surface area contributed by atoms with Gasteiger partial charge in [-0.3, -0.25) is 14.5 Å². The number of carbonyl (C=O) groups is 3. The Balaban J connectivity index is 2.65. The first-order valence-electron chi connectivity index (χ1n) is 6.67. The molecule has 1 heterocycles. The van der Waals surface area contributed by atoms with Gasteiger partial charge in [0.25, 0.3) is 5.91 Å². The van der Waals surface area contributed by atoms with E-state index in [9.17, 15) is 14.4 Å². The van der Waals surface area contributed by atoms with Crippen LogP contribution in [0.15, 0.2) is 0 Å². The molecule has 19 heavy (non-hydrogen) atoms. The van der Waals surface area contributed by atoms with Crippen LogP contribution in [0.2, 0.25) is 0 Å². The number of urea groups is 1. The fourth-order valence-electron chi connectivity index (χ4n) is 2.01. The Bertz CT molecular complexity index is 340. The zero-order chi connectivity index (χ0) is 14.6. The zero-order valence-electron chi connectivity index (χ0n) is 12.1. The van der Waals surface area contributed by atoms with Crippen molar-refractivity contribution in [2.45, 2.75) is 27.7 Å². The van der Waals surface area contributed by atoms with Crippen LogP contribution >= 0.6 is 0 Å². The van der Waals surface area contributed by atoms with Gasteiger partial charge in [0.05, 0.1) is 6.54 Å². The van der Waals surface area contributed by atoms with Crippen molar-refractivity contribution in [1.29, 1.82) is 0 Å². The Morgan fingerprint density at radius 1 is 1.21 bits per heavy atom. The molecule has 0 bridgehead atoms. The van der Waals surface area contributed by atoms with Crippen molar-refractivity contribution in [2.24, 2.45) is 11.8 Å². The van der Waals surface area contributed by atoms with Gasteiger partial charge in [0.1, 0.15) is 6.54 Å². The predicted octanol–water partition coefficient (Wildman–Crippen LogP) is 0.679. The van der Waals surface area contributed by atoms with Crippen LogP contribution in [0.4, 0.5) is 4.79 Å². The van der Waals surface area contributed by atoms with Gasteiger partial charge in [-0.2, -0.15) is 0 Å². The molecule has 1 rings (SSSR count). The van der Waals surface area contributed by atoms with E-state index >= 15 is 0 Å². The van der Waals surface area contributed by atoms with E-state index in [-0.39, 0.29) is 24.9 Å². The third kappa shape index (κ3) is 4.54. The van der Waals surface area contributed by atoms with Gasteiger partial charge in [0, 0.05) is 13.1 Å². The monoisotopic (exact) mass is 269 g/mol. The smallest absolute Gasteiger partial charge is 0.325 e. The summed E-state index contributed by atoms with van der Waals surface area (Å²) in [6, 6.07) is -0.479. The molecule has 0 spiro atoms. The van der Waals surface area contributed by atoms with E-state index in [0.29, 0.717) is 24.9 Å². The number of nitrogens with zero attached hydrogens (tertiary/aromatic N) is 2. The molecular weight excluding hydrogens is 246 g/mol. The molecular formula is C13H23N3O3. The van der Waals surface area contributed by atoms with Gasteiger partial charge in [-0.25, -0.2) is 4.79 Å². The normalized spacial score (nSPS) is 15.4. The van der Waals surface area contributed by atoms with Gasteiger partial charge in [0.15, 0.2) is 0 Å². The third-order valence-electron chi connectivity index (χ3n) is 2.75. The molecule has 0 atom stereocenters. The lowest BCUT2D eigenvalue weighted by molar-refractivity contribution is -0.137. The highest BCUT2D eigenvalue weighted by Crippen LogP contribution is 2.07. The first-order chi connectivity index (χ1) is 8.81. The quantitative estimate of drug-likeness (QED) is 0.721. The third-order valence-corrected chi connectivity index (χ3v) is 2.75. The molecule has 1 aliphatic rings. The maximum Gasteiger partial charge on any atom is 0.325 e. The summed E-state index contributed by atoms with van der Waals surface area (Å²) in [5, 5.41) is 2.41. The number of imide groups is 1. The standard InChI is InChI=1S/C13H23N3O3/c1-9(2)6-15(7-10(3)4)12(18)8-16-11(17)5-14-13(16)19/h9-10H,5-8H2,1-4H3,(H,14,19). The fraction of sp³-hybridized carbons (Fsp3) is 0.769. The minimum absolute atomic E-state index is 0.0134. The first-order valence-corrected chi connectivity index (χ1v) is 6.67. The minimum Gasteiger partial charge on any atom is -0.341 e. The summed E-state index contributed by atoms with van der Waals surface area (Å²) in [5.74, 6) is 0.191. The van der Waals surface area contributed by atoms with Gasteiger partial charge < -0.3 is 10.2 Å². The van der Waals surface area contributed by atoms with E-state index in [1.807, 2.05) is 27.7 Å². The second-order valence-electron chi connectivity index (χ2n) is 5.73. The van der Waals surface area contributed by atoms with Crippen molar-refractivity contribution in [3.8, 4) is 0 Å². The molecule has 0 aromatic heterocycles. The van der Waals surface area contributed by atoms with Crippen LogP contribution in [0.3, 0.4) is 0 Å². The highest BCUT2D eigenvalue weighted by molar-refractivity contribution is 6.04. The summed E-state index contributed by atoms with van der Waals surface area (Å²) < 4.78 is 0. The van der Waals surface area contributed by atoms with Crippen molar-refractivity contribution in [2.75, 3.05) is 26.2 Å². The van der Waals surface area contributed by atoms with Gasteiger partial charge in [-0.1, -0.05) is 27.7 Å². The Kier molecular flexibility index (Phi) is 5.32. The van der Waals surface area contributed by atoms with Crippen molar-refractivity contribution in [3.63, 3.8) is 0 Å². The Morgan fingerprint density at radius 3 is 2.11 bits per heavy atom. The van der Waals surface area contributed by atoms with Crippen molar-refractivity contribution < 1.29 is 14.4 Å². The lowest BCUT2D eigenvalue weighted by Gasteiger charge is -2.27. The minimum atomic E-state index is -0.479. The number of nitrogens with one attached hydrogen (secondary N) is 1. The maximum absolute atomic E-state index is 12.2. The number of rotatable bonds is 6. The molecule has 6 nitrogen and oxygen atoms in total. The highest BCUT2D eigenvalue weighted by Gasteiger charge is 2.31. The van der Waals surface area contributed by atoms with Crippen LogP contribution in [0.25, 0.3) is 0 Å². The number of hydrogen-bond donors (Lipinski definition) is 1. The van der Waals surface area contributed by atoms with Crippen LogP contribution in [0.1, 0.15) is 27.7 Å². The molecule has 1 fully saturated rings. The molecule has 0 aromatic carbocycles. The van der Waals surface area contributed by atoms with Crippen LogP contribution in [0.5, 0.6) is 0 Å². The average Bonchev–Trinajstić information content (AvgIpc) is 2.58. The summed E-state index contributed by atoms with van der Waals surface area (Å²) in [6.45, 7) is 9.25. The van der Waals surface area contributed by atoms with Crippen molar-refractivity contribution in [3.05, 3.63) is 0 Å². The second kappa shape index (κ2) is 6.54. The Morgan fingerprint density at radius 2 is 1.74 bits per heavy atom. The van der Waals surface area contributed by atoms with Gasteiger partial charge >= 0.3 is 6.03 Å². The SMILES string of the molecule is CC(C)CN(CC(C)C)C(=O)CN1C(=O)CNC1=O. The lowest BCUT2D eigenvalue weighted by Crippen LogP contribution is -2.45. The van der Waals surface area contributed by atoms with Crippen LogP contribution < -0.4 is 5.32 Å². The number of amides is 4. The first kappa shape index (κ1) is 15.5. The molecule has 4 amide bonds. The molecule has 0 saturated carbocycles. The second-order valence-corrected chi connectivity index (χ2v) is 5.73. The summed E-state index contributed by atoms with van der Waals surface area (Å²) in [5.41, 5.74) is 0. The van der Waals surface area contributed by atoms with Crippen molar-refractivity contribution >= 4 is 17.8 Å². The van der Waals surface area contributed by atoms with E-state index < -0.39 is 6.03 Å². The largest absolute Gasteiger partial charge is 0.341 e. The zero-order valence-corrected chi connectivity index (χ0v) is 12.1. The highest BCUT2D eigenvalue weighted by atomic mass is 16.2. The molecule has 6 heteroatoms. The van der Waals surface area contributed by atoms with Gasteiger partial charge in [0.2, 0.25) is 5.91 Å². The van der Waals surface area contributed by atoms with Crippen LogP contribution in [-0.2, 0) is 9.59 Å². The average molecular weight is 269 g/mol. The van der Waals surface area contributed by atoms with Crippen LogP contribution in [-0.4, -0.2) is 53.8 Å². The lowest BCUT2D eigenvalue weighted by atomic mass is 10.1. The topological polar surface area (TPSA) is 69.7 Å². The molecule has 1 N–H and O–H groups in total. The molecule has 0 unspecified atom stereocenters. The molecule has 1 aliphatic heterocycles. The number of carbonyl (C=O) groups excluding carboxylic acids is 3. The summed E-state index contributed by atoms with van der Waals surface area (Å²) >= 11 is 0. The predicted molar refractivity (Wildman–Crippen MR) is 71.4 cm³/mol. The van der Waals surface area contributed by atoms with Gasteiger partial charge in [-0.05, 0) is 11.8 Å². The molecule has 0 radical (unpaired) electrons. The summed E-state index contributed by atoms with van der Waals surface area (Å²) in [6.07, 6.45) is 0. The molecule has 0 aromatic rings. The fourth-order valence-corrected chi connectivity index (χ4v) is 2.01. The van der Waals surface area contributed by atoms with E-state index in [4.69, 9.17) is 0 Å². The maximum atomic E-state index is 12.2. The van der Waals surface area contributed by atoms with E-state index in [1.165, 1.54) is 0 Å². The Labute approximate surface area is 114 Å². The molecule has 108 valence electrons. The Hall–Kier alpha value is -1.59. The summed E-state index contributed by atoms with van der Waals surface area (Å²) in [4.78, 5) is 37.8. The van der Waals surface area contributed by atoms with Crippen LogP contribution in [0, 0.1) is 11.8 Å². The van der Waals surface area contributed by atoms with E-state index in [1.54, 1.807) is 4.90 Å². The van der Waals surface area contributed by atoms with E-state index in [2.05, 4.69) is 5.32 Å². The van der Waals surface area contributed by atoms with Crippen molar-refractivity contribution in [1.82, 2.24) is 15.1 Å². The summed E-state index contributed by atoms with van der Waals surface area (Å²) in [7, 11) is 0. The number of hydrogen-bond acceptors (Lipinski definition) is 3. The van der Waals surface area contributed by atoms with Gasteiger partial charge in [-0.15, -0.1) is 0 Å². The molecule has 0 aliphatic carbocycles.